The molecule has 5 nitrogen and oxygen atoms in total. The molecule has 2 atom stereocenters. The number of hydrogen-bond acceptors (Lipinski definition) is 3. The van der Waals surface area contributed by atoms with Gasteiger partial charge in [0.2, 0.25) is 5.91 Å². The van der Waals surface area contributed by atoms with E-state index in [0.29, 0.717) is 42.1 Å². The van der Waals surface area contributed by atoms with E-state index < -0.39 is 5.41 Å². The first-order valence-electron chi connectivity index (χ1n) is 12.2. The zero-order chi connectivity index (χ0) is 22.4. The van der Waals surface area contributed by atoms with Crippen molar-refractivity contribution < 1.29 is 9.53 Å². The van der Waals surface area contributed by atoms with Crippen molar-refractivity contribution in [2.24, 2.45) is 5.92 Å². The third-order valence-electron chi connectivity index (χ3n) is 8.25. The number of rotatable bonds is 4. The van der Waals surface area contributed by atoms with Crippen LogP contribution in [0.1, 0.15) is 49.7 Å². The second-order valence-corrected chi connectivity index (χ2v) is 10.6. The number of nitrogens with zero attached hydrogens (tertiary/aromatic N) is 2. The molecule has 0 spiro atoms. The number of halogens is 1. The number of nitrogens with one attached hydrogen (secondary N) is 1. The minimum Gasteiger partial charge on any atom is -0.381 e. The van der Waals surface area contributed by atoms with E-state index in [0.717, 1.165) is 56.0 Å². The van der Waals surface area contributed by atoms with Gasteiger partial charge in [0.05, 0.1) is 17.1 Å². The molecular weight excluding hydrogens is 434 g/mol. The average molecular weight is 464 g/mol. The number of carbonyl (C=O) groups excluding carboxylic acids is 1. The van der Waals surface area contributed by atoms with Gasteiger partial charge in [0, 0.05) is 35.7 Å². The molecule has 33 heavy (non-hydrogen) atoms. The van der Waals surface area contributed by atoms with E-state index in [1.807, 2.05) is 30.5 Å². The third-order valence-corrected chi connectivity index (χ3v) is 8.50. The lowest BCUT2D eigenvalue weighted by Gasteiger charge is -2.46. The van der Waals surface area contributed by atoms with Gasteiger partial charge in [0.25, 0.3) is 0 Å². The fourth-order valence-electron chi connectivity index (χ4n) is 6.60. The van der Waals surface area contributed by atoms with Crippen molar-refractivity contribution in [2.45, 2.75) is 62.4 Å². The predicted molar refractivity (Wildman–Crippen MR) is 129 cm³/mol. The molecule has 3 aliphatic heterocycles. The van der Waals surface area contributed by atoms with Crippen molar-refractivity contribution in [1.29, 1.82) is 0 Å². The van der Waals surface area contributed by atoms with Crippen LogP contribution in [-0.4, -0.2) is 46.3 Å². The van der Waals surface area contributed by atoms with Crippen molar-refractivity contribution >= 4 is 28.4 Å². The molecule has 2 bridgehead atoms. The van der Waals surface area contributed by atoms with Gasteiger partial charge < -0.3 is 9.64 Å². The number of aromatic amines is 1. The van der Waals surface area contributed by atoms with Gasteiger partial charge in [-0.15, -0.1) is 0 Å². The molecule has 3 aromatic rings. The summed E-state index contributed by atoms with van der Waals surface area (Å²) < 4.78 is 5.68. The highest BCUT2D eigenvalue weighted by Crippen LogP contribution is 2.45. The molecule has 2 unspecified atom stereocenters. The molecule has 172 valence electrons. The summed E-state index contributed by atoms with van der Waals surface area (Å²) in [5.74, 6) is 0.941. The average Bonchev–Trinajstić information content (AvgIpc) is 3.41. The number of ether oxygens (including phenoxy) is 1. The lowest BCUT2D eigenvalue weighted by atomic mass is 9.72. The first-order chi connectivity index (χ1) is 16.1. The summed E-state index contributed by atoms with van der Waals surface area (Å²) >= 11 is 6.16. The first-order valence-corrected chi connectivity index (χ1v) is 12.6. The van der Waals surface area contributed by atoms with E-state index in [1.165, 1.54) is 10.9 Å². The van der Waals surface area contributed by atoms with Crippen LogP contribution in [0.5, 0.6) is 0 Å². The monoisotopic (exact) mass is 463 g/mol. The summed E-state index contributed by atoms with van der Waals surface area (Å²) in [6.07, 6.45) is 8.91. The van der Waals surface area contributed by atoms with E-state index in [2.05, 4.69) is 33.3 Å². The first kappa shape index (κ1) is 21.2. The zero-order valence-corrected chi connectivity index (χ0v) is 19.6. The highest BCUT2D eigenvalue weighted by Gasteiger charge is 2.51. The molecule has 2 aromatic carbocycles. The Hall–Kier alpha value is -2.37. The van der Waals surface area contributed by atoms with Gasteiger partial charge in [-0.3, -0.25) is 9.89 Å². The van der Waals surface area contributed by atoms with Crippen molar-refractivity contribution in [3.05, 3.63) is 64.8 Å². The second kappa shape index (κ2) is 8.44. The van der Waals surface area contributed by atoms with Gasteiger partial charge in [0.15, 0.2) is 0 Å². The summed E-state index contributed by atoms with van der Waals surface area (Å²) in [6.45, 7) is 1.27. The van der Waals surface area contributed by atoms with Gasteiger partial charge in [-0.2, -0.15) is 5.10 Å². The molecular formula is C27H30ClN3O2. The van der Waals surface area contributed by atoms with Crippen LogP contribution in [0.4, 0.5) is 0 Å². The van der Waals surface area contributed by atoms with E-state index >= 15 is 0 Å². The van der Waals surface area contributed by atoms with Crippen molar-refractivity contribution in [3.63, 3.8) is 0 Å². The van der Waals surface area contributed by atoms with Crippen molar-refractivity contribution in [1.82, 2.24) is 15.1 Å². The molecule has 1 N–H and O–H groups in total. The molecule has 3 aliphatic rings. The molecule has 6 rings (SSSR count). The van der Waals surface area contributed by atoms with E-state index in [9.17, 15) is 4.79 Å². The molecule has 1 aromatic heterocycles. The largest absolute Gasteiger partial charge is 0.381 e. The summed E-state index contributed by atoms with van der Waals surface area (Å²) in [7, 11) is 0. The van der Waals surface area contributed by atoms with Gasteiger partial charge in [-0.25, -0.2) is 0 Å². The lowest BCUT2D eigenvalue weighted by molar-refractivity contribution is -0.146. The molecule has 0 aliphatic carbocycles. The Labute approximate surface area is 199 Å². The fourth-order valence-corrected chi connectivity index (χ4v) is 6.73. The number of amides is 1. The van der Waals surface area contributed by atoms with Crippen LogP contribution < -0.4 is 0 Å². The van der Waals surface area contributed by atoms with E-state index in [-0.39, 0.29) is 0 Å². The summed E-state index contributed by atoms with van der Waals surface area (Å²) in [5, 5.41) is 9.07. The van der Waals surface area contributed by atoms with Crippen LogP contribution in [0.3, 0.4) is 0 Å². The van der Waals surface area contributed by atoms with E-state index in [4.69, 9.17) is 16.3 Å². The fraction of sp³-hybridized carbons (Fsp3) is 0.481. The van der Waals surface area contributed by atoms with Crippen molar-refractivity contribution in [3.8, 4) is 0 Å². The standard InChI is InChI=1S/C27H30ClN3O2/c28-22-4-2-21(3-5-22)27(9-11-33-12-10-27)26(32)31-23-6-7-24(31)16-19(15-23)13-18-1-8-25-20(14-18)17-29-30-25/h1-5,8,14,17,19,23-24H,6-7,9-13,15-16H2,(H,29,30). The molecule has 1 amide bonds. The Kier molecular flexibility index (Phi) is 5.42. The van der Waals surface area contributed by atoms with E-state index in [1.54, 1.807) is 0 Å². The van der Waals surface area contributed by atoms with Gasteiger partial charge in [-0.05, 0) is 86.3 Å². The van der Waals surface area contributed by atoms with Crippen LogP contribution in [-0.2, 0) is 21.4 Å². The maximum absolute atomic E-state index is 14.2. The number of benzene rings is 2. The Morgan fingerprint density at radius 1 is 1.09 bits per heavy atom. The molecule has 0 radical (unpaired) electrons. The maximum atomic E-state index is 14.2. The van der Waals surface area contributed by atoms with Crippen LogP contribution in [0.2, 0.25) is 5.02 Å². The Morgan fingerprint density at radius 2 is 1.82 bits per heavy atom. The van der Waals surface area contributed by atoms with Crippen LogP contribution in [0.15, 0.2) is 48.7 Å². The number of fused-ring (bicyclic) bond motifs is 3. The molecule has 3 saturated heterocycles. The summed E-state index contributed by atoms with van der Waals surface area (Å²) in [5.41, 5.74) is 3.07. The molecule has 4 heterocycles. The molecule has 0 saturated carbocycles. The SMILES string of the molecule is O=C(N1C2CCC1CC(Cc1ccc3[nH]ncc3c1)C2)C1(c2ccc(Cl)cc2)CCOCC1. The lowest BCUT2D eigenvalue weighted by Crippen LogP contribution is -2.56. The minimum absolute atomic E-state index is 0.318. The summed E-state index contributed by atoms with van der Waals surface area (Å²) in [6, 6.07) is 15.2. The molecule has 3 fully saturated rings. The predicted octanol–water partition coefficient (Wildman–Crippen LogP) is 5.28. The van der Waals surface area contributed by atoms with Crippen LogP contribution >= 0.6 is 11.6 Å². The Morgan fingerprint density at radius 3 is 2.55 bits per heavy atom. The zero-order valence-electron chi connectivity index (χ0n) is 18.8. The minimum atomic E-state index is -0.483. The topological polar surface area (TPSA) is 58.2 Å². The number of aromatic nitrogens is 2. The second-order valence-electron chi connectivity index (χ2n) is 10.1. The van der Waals surface area contributed by atoms with Crippen LogP contribution in [0, 0.1) is 5.92 Å². The van der Waals surface area contributed by atoms with Crippen LogP contribution in [0.25, 0.3) is 10.9 Å². The van der Waals surface area contributed by atoms with Gasteiger partial charge >= 0.3 is 0 Å². The third kappa shape index (κ3) is 3.75. The number of H-pyrrole nitrogens is 1. The number of hydrogen-bond donors (Lipinski definition) is 1. The Balaban J connectivity index is 1.22. The number of carbonyl (C=O) groups is 1. The highest BCUT2D eigenvalue weighted by atomic mass is 35.5. The van der Waals surface area contributed by atoms with Gasteiger partial charge in [0.1, 0.15) is 0 Å². The smallest absolute Gasteiger partial charge is 0.233 e. The summed E-state index contributed by atoms with van der Waals surface area (Å²) in [4.78, 5) is 16.5. The highest BCUT2D eigenvalue weighted by molar-refractivity contribution is 6.30. The van der Waals surface area contributed by atoms with Gasteiger partial charge in [-0.1, -0.05) is 29.8 Å². The normalized spacial score (nSPS) is 26.6. The quantitative estimate of drug-likeness (QED) is 0.572. The Bertz CT molecular complexity index is 1140. The maximum Gasteiger partial charge on any atom is 0.233 e. The number of piperidine rings is 1. The molecule has 6 heteroatoms. The van der Waals surface area contributed by atoms with Crippen molar-refractivity contribution in [2.75, 3.05) is 13.2 Å².